The predicted octanol–water partition coefficient (Wildman–Crippen LogP) is 5.52. The van der Waals surface area contributed by atoms with Gasteiger partial charge in [0.2, 0.25) is 5.91 Å². The molecule has 6 aliphatic heterocycles. The maximum absolute atomic E-state index is 14.4. The lowest BCUT2D eigenvalue weighted by molar-refractivity contribution is -0.311. The molecule has 7 aliphatic rings. The van der Waals surface area contributed by atoms with Crippen molar-refractivity contribution in [2.45, 2.75) is 198 Å². The zero-order chi connectivity index (χ0) is 47.0. The van der Waals surface area contributed by atoms with Gasteiger partial charge < -0.3 is 62.9 Å². The second kappa shape index (κ2) is 20.8. The number of methoxy groups -OCH3 is 2. The molecule has 0 radical (unpaired) electrons. The minimum atomic E-state index is -1.84. The van der Waals surface area contributed by atoms with Crippen LogP contribution in [0, 0.1) is 23.7 Å². The van der Waals surface area contributed by atoms with E-state index in [2.05, 4.69) is 45.2 Å². The zero-order valence-electron chi connectivity index (χ0n) is 40.2. The highest BCUT2D eigenvalue weighted by molar-refractivity contribution is 5.78. The third-order valence-corrected chi connectivity index (χ3v) is 14.9. The number of fused-ring (bicyclic) bond motifs is 2. The Bertz CT molecular complexity index is 1850. The molecular formula is C50H75NO14. The first kappa shape index (κ1) is 50.1. The molecule has 0 aromatic carbocycles. The molecule has 15 nitrogen and oxygen atoms in total. The van der Waals surface area contributed by atoms with Gasteiger partial charge in [-0.15, -0.1) is 0 Å². The van der Waals surface area contributed by atoms with Crippen LogP contribution < -0.4 is 5.32 Å². The number of rotatable bonds is 9. The summed E-state index contributed by atoms with van der Waals surface area (Å²) in [7, 11) is 3.27. The largest absolute Gasteiger partial charge is 0.462 e. The van der Waals surface area contributed by atoms with Crippen LogP contribution in [0.5, 0.6) is 0 Å². The molecule has 4 fully saturated rings. The Morgan fingerprint density at radius 3 is 2.35 bits per heavy atom. The summed E-state index contributed by atoms with van der Waals surface area (Å²) in [5.74, 6) is -2.75. The SMILES string of the molecule is CCC(C)[C@H]1O[C@]2(C=C[C@@H]1C)C[C@@H]1C[C@@H](CC=C(C)[C@@H](OC3C[C@H](OC)C(O[C@H]4C[C@H](OC)[C@@H](NC(C)=O)[C@H](C)O4)[C@H](C)O3)[C@@H](C)C=CC=C3CO[C@@H]4[C@H](O)C(C)=C[C@@H](C(=O)O1)[C@]34O)O2. The molecule has 364 valence electrons. The first-order valence-electron chi connectivity index (χ1n) is 23.8. The van der Waals surface area contributed by atoms with Gasteiger partial charge in [0.25, 0.3) is 0 Å². The third kappa shape index (κ3) is 10.6. The molecule has 3 N–H and O–H groups in total. The van der Waals surface area contributed by atoms with Gasteiger partial charge >= 0.3 is 5.97 Å². The zero-order valence-corrected chi connectivity index (χ0v) is 40.2. The standard InChI is InChI=1S/C50H75NO14/c1-12-26(2)45-29(5)18-19-49(65-45)24-36-21-35(64-49)17-16-28(4)44(27(3)14-13-15-34-25-58-47-43(53)30(6)20-37(48(54)61-36)50(34,47)55)62-41-23-39(57-11)46(32(8)60-41)63-40-22-38(56-10)42(31(7)59-40)51-33(9)52/h13-16,18-20,26-27,29,31-32,35-47,53,55H,12,17,21-25H2,1-11H3,(H,51,52)/t26?,27-,29-,31-,32-,35+,36-,37-,38-,39-,40-,41?,42-,43+,44-,45+,46?,47+,49+,50+/m0/s1. The molecular weight excluding hydrogens is 839 g/mol. The van der Waals surface area contributed by atoms with Gasteiger partial charge in [0.1, 0.15) is 35.9 Å². The molecule has 1 aliphatic carbocycles. The van der Waals surface area contributed by atoms with Crippen LogP contribution in [0.2, 0.25) is 0 Å². The molecule has 1 spiro atoms. The lowest BCUT2D eigenvalue weighted by Crippen LogP contribution is -2.58. The summed E-state index contributed by atoms with van der Waals surface area (Å²) in [6, 6.07) is -0.315. The van der Waals surface area contributed by atoms with Crippen molar-refractivity contribution in [3.05, 3.63) is 59.3 Å². The fourth-order valence-electron chi connectivity index (χ4n) is 11.0. The fraction of sp³-hybridized carbons (Fsp3) is 0.760. The van der Waals surface area contributed by atoms with Crippen LogP contribution in [0.15, 0.2) is 59.3 Å². The number of nitrogens with one attached hydrogen (secondary N) is 1. The van der Waals surface area contributed by atoms with Crippen LogP contribution in [0.1, 0.15) is 101 Å². The van der Waals surface area contributed by atoms with Gasteiger partial charge in [-0.05, 0) is 62.8 Å². The second-order valence-electron chi connectivity index (χ2n) is 19.7. The predicted molar refractivity (Wildman–Crippen MR) is 239 cm³/mol. The van der Waals surface area contributed by atoms with Crippen molar-refractivity contribution in [1.29, 1.82) is 0 Å². The van der Waals surface area contributed by atoms with E-state index in [1.165, 1.54) is 6.92 Å². The van der Waals surface area contributed by atoms with Gasteiger partial charge in [-0.25, -0.2) is 0 Å². The molecule has 0 saturated carbocycles. The summed E-state index contributed by atoms with van der Waals surface area (Å²) in [4.78, 5) is 26.3. The summed E-state index contributed by atoms with van der Waals surface area (Å²) in [5, 5.41) is 26.7. The lowest BCUT2D eigenvalue weighted by atomic mass is 9.71. The lowest BCUT2D eigenvalue weighted by Gasteiger charge is -2.48. The summed E-state index contributed by atoms with van der Waals surface area (Å²) < 4.78 is 64.4. The van der Waals surface area contributed by atoms with Crippen LogP contribution in [-0.4, -0.2) is 140 Å². The van der Waals surface area contributed by atoms with E-state index < -0.39 is 84.7 Å². The Labute approximate surface area is 385 Å². The number of carbonyl (C=O) groups is 2. The summed E-state index contributed by atoms with van der Waals surface area (Å²) in [6.07, 6.45) is 9.46. The number of aliphatic hydroxyl groups excluding tert-OH is 1. The topological polar surface area (TPSA) is 179 Å². The second-order valence-corrected chi connectivity index (χ2v) is 19.7. The van der Waals surface area contributed by atoms with Crippen molar-refractivity contribution < 1.29 is 67.2 Å². The highest BCUT2D eigenvalue weighted by Crippen LogP contribution is 2.47. The Morgan fingerprint density at radius 2 is 1.65 bits per heavy atom. The number of esters is 1. The van der Waals surface area contributed by atoms with Crippen molar-refractivity contribution in [3.63, 3.8) is 0 Å². The Morgan fingerprint density at radius 1 is 0.938 bits per heavy atom. The minimum absolute atomic E-state index is 0.0270. The molecule has 15 heteroatoms. The highest BCUT2D eigenvalue weighted by Gasteiger charge is 2.60. The van der Waals surface area contributed by atoms with Gasteiger partial charge in [-0.3, -0.25) is 9.59 Å². The van der Waals surface area contributed by atoms with E-state index in [1.807, 2.05) is 39.0 Å². The maximum Gasteiger partial charge on any atom is 0.316 e. The van der Waals surface area contributed by atoms with E-state index in [9.17, 15) is 19.8 Å². The molecule has 4 saturated heterocycles. The van der Waals surface area contributed by atoms with Crippen LogP contribution in [-0.2, 0) is 57.0 Å². The molecule has 0 aromatic heterocycles. The van der Waals surface area contributed by atoms with Crippen molar-refractivity contribution in [1.82, 2.24) is 5.32 Å². The van der Waals surface area contributed by atoms with E-state index in [-0.39, 0.29) is 61.0 Å². The Balaban J connectivity index is 1.16. The number of aliphatic hydroxyl groups is 2. The van der Waals surface area contributed by atoms with E-state index in [0.29, 0.717) is 36.8 Å². The molecule has 3 unspecified atom stereocenters. The van der Waals surface area contributed by atoms with Crippen LogP contribution in [0.4, 0.5) is 0 Å². The molecule has 7 rings (SSSR count). The van der Waals surface area contributed by atoms with Crippen molar-refractivity contribution >= 4 is 11.9 Å². The molecule has 1 amide bonds. The third-order valence-electron chi connectivity index (χ3n) is 14.9. The first-order valence-corrected chi connectivity index (χ1v) is 23.8. The minimum Gasteiger partial charge on any atom is -0.462 e. The van der Waals surface area contributed by atoms with Gasteiger partial charge in [-0.2, -0.15) is 0 Å². The van der Waals surface area contributed by atoms with Gasteiger partial charge in [0, 0.05) is 58.7 Å². The average molecular weight is 914 g/mol. The molecule has 0 aromatic rings. The number of hydrogen-bond acceptors (Lipinski definition) is 14. The molecule has 6 heterocycles. The summed E-state index contributed by atoms with van der Waals surface area (Å²) in [5.41, 5.74) is 0.116. The Kier molecular flexibility index (Phi) is 16.0. The molecule has 65 heavy (non-hydrogen) atoms. The van der Waals surface area contributed by atoms with E-state index >= 15 is 0 Å². The van der Waals surface area contributed by atoms with E-state index in [4.69, 9.17) is 47.4 Å². The van der Waals surface area contributed by atoms with Gasteiger partial charge in [0.05, 0.1) is 55.4 Å². The van der Waals surface area contributed by atoms with Gasteiger partial charge in [-0.1, -0.05) is 70.6 Å². The van der Waals surface area contributed by atoms with Gasteiger partial charge in [0.15, 0.2) is 18.4 Å². The van der Waals surface area contributed by atoms with Crippen LogP contribution >= 0.6 is 0 Å². The number of hydrogen-bond donors (Lipinski definition) is 3. The quantitative estimate of drug-likeness (QED) is 0.195. The first-order chi connectivity index (χ1) is 30.9. The summed E-state index contributed by atoms with van der Waals surface area (Å²) in [6.45, 7) is 17.7. The number of carbonyl (C=O) groups excluding carboxylic acids is 2. The van der Waals surface area contributed by atoms with E-state index in [0.717, 1.165) is 12.0 Å². The highest BCUT2D eigenvalue weighted by atomic mass is 16.7. The van der Waals surface area contributed by atoms with Crippen molar-refractivity contribution in [2.24, 2.45) is 23.7 Å². The summed E-state index contributed by atoms with van der Waals surface area (Å²) >= 11 is 0. The van der Waals surface area contributed by atoms with Crippen LogP contribution in [0.3, 0.4) is 0 Å². The van der Waals surface area contributed by atoms with Crippen LogP contribution in [0.25, 0.3) is 0 Å². The van der Waals surface area contributed by atoms with Crippen molar-refractivity contribution in [3.8, 4) is 0 Å². The Hall–Kier alpha value is -2.80. The monoisotopic (exact) mass is 914 g/mol. The smallest absolute Gasteiger partial charge is 0.316 e. The van der Waals surface area contributed by atoms with Crippen molar-refractivity contribution in [2.75, 3.05) is 20.8 Å². The molecule has 2 bridgehead atoms. The maximum atomic E-state index is 14.4. The number of amides is 1. The molecule has 20 atom stereocenters. The fourth-order valence-corrected chi connectivity index (χ4v) is 11.0. The van der Waals surface area contributed by atoms with E-state index in [1.54, 1.807) is 33.3 Å². The number of allylic oxidation sites excluding steroid dienone is 2. The average Bonchev–Trinajstić information content (AvgIpc) is 3.61. The normalized spacial score (nSPS) is 45.2. The number of ether oxygens (including phenoxy) is 10.